The largest absolute Gasteiger partial charge is 0.378 e. The molecule has 0 aliphatic rings. The second-order valence-corrected chi connectivity index (χ2v) is 9.11. The Hall–Kier alpha value is -2.18. The monoisotopic (exact) mass is 555 g/mol. The first kappa shape index (κ1) is 20.1. The molecule has 1 unspecified atom stereocenters. The molecule has 0 aromatic heterocycles. The van der Waals surface area contributed by atoms with Gasteiger partial charge in [-0.1, -0.05) is 64.5 Å². The van der Waals surface area contributed by atoms with Gasteiger partial charge in [-0.15, -0.1) is 0 Å². The van der Waals surface area contributed by atoms with Crippen LogP contribution in [0.2, 0.25) is 0 Å². The summed E-state index contributed by atoms with van der Waals surface area (Å²) in [6.45, 7) is 0. The van der Waals surface area contributed by atoms with Gasteiger partial charge in [0, 0.05) is 25.7 Å². The molecule has 1 atom stereocenters. The van der Waals surface area contributed by atoms with Gasteiger partial charge < -0.3 is 5.32 Å². The van der Waals surface area contributed by atoms with Crippen molar-refractivity contribution in [2.75, 3.05) is 5.32 Å². The molecule has 0 bridgehead atoms. The zero-order valence-electron chi connectivity index (χ0n) is 15.6. The Morgan fingerprint density at radius 2 is 1.55 bits per heavy atom. The number of benzene rings is 4. The molecule has 0 saturated carbocycles. The molecule has 0 aliphatic heterocycles. The Morgan fingerprint density at radius 3 is 2.28 bits per heavy atom. The van der Waals surface area contributed by atoms with Crippen LogP contribution in [-0.2, 0) is 0 Å². The van der Waals surface area contributed by atoms with Gasteiger partial charge in [-0.05, 0) is 81.4 Å². The first-order valence-electron chi connectivity index (χ1n) is 9.38. The highest BCUT2D eigenvalue weighted by atomic mass is 127. The van der Waals surface area contributed by atoms with Crippen molar-refractivity contribution in [3.63, 3.8) is 0 Å². The average Bonchev–Trinajstić information content (AvgIpc) is 2.75. The summed E-state index contributed by atoms with van der Waals surface area (Å²) in [7, 11) is 0. The Kier molecular flexibility index (Phi) is 6.31. The summed E-state index contributed by atoms with van der Waals surface area (Å²) in [6, 6.07) is 30.3. The molecule has 29 heavy (non-hydrogen) atoms. The van der Waals surface area contributed by atoms with Crippen molar-refractivity contribution in [3.8, 4) is 0 Å². The van der Waals surface area contributed by atoms with Crippen LogP contribution in [0.25, 0.3) is 10.8 Å². The SMILES string of the molecule is O=C(CC(Nc1ccc(I)cc1)c1ccc(Br)cc1)c1ccc2ccccc2c1. The summed E-state index contributed by atoms with van der Waals surface area (Å²) >= 11 is 5.78. The van der Waals surface area contributed by atoms with Crippen molar-refractivity contribution in [3.05, 3.63) is 110 Å². The lowest BCUT2D eigenvalue weighted by molar-refractivity contribution is 0.0976. The molecule has 0 aliphatic carbocycles. The Bertz CT molecular complexity index is 1140. The fraction of sp³-hybridized carbons (Fsp3) is 0.0800. The summed E-state index contributed by atoms with van der Waals surface area (Å²) in [5, 5.41) is 5.77. The van der Waals surface area contributed by atoms with Gasteiger partial charge in [0.1, 0.15) is 0 Å². The van der Waals surface area contributed by atoms with Crippen molar-refractivity contribution in [1.82, 2.24) is 0 Å². The molecule has 2 nitrogen and oxygen atoms in total. The third kappa shape index (κ3) is 5.06. The first-order valence-corrected chi connectivity index (χ1v) is 11.3. The number of hydrogen-bond acceptors (Lipinski definition) is 2. The number of halogens is 2. The summed E-state index contributed by atoms with van der Waals surface area (Å²) in [4.78, 5) is 13.1. The number of rotatable bonds is 6. The van der Waals surface area contributed by atoms with Crippen LogP contribution in [0.3, 0.4) is 0 Å². The maximum absolute atomic E-state index is 13.1. The van der Waals surface area contributed by atoms with Gasteiger partial charge in [0.05, 0.1) is 6.04 Å². The van der Waals surface area contributed by atoms with Gasteiger partial charge in [0.15, 0.2) is 5.78 Å². The zero-order valence-corrected chi connectivity index (χ0v) is 19.4. The van der Waals surface area contributed by atoms with E-state index in [-0.39, 0.29) is 11.8 Å². The molecular weight excluding hydrogens is 537 g/mol. The van der Waals surface area contributed by atoms with E-state index in [1.165, 1.54) is 3.57 Å². The number of carbonyl (C=O) groups is 1. The Balaban J connectivity index is 1.61. The topological polar surface area (TPSA) is 29.1 Å². The third-order valence-corrected chi connectivity index (χ3v) is 6.17. The number of carbonyl (C=O) groups excluding carboxylic acids is 1. The maximum atomic E-state index is 13.1. The molecule has 0 fully saturated rings. The fourth-order valence-corrected chi connectivity index (χ4v) is 3.98. The molecule has 0 heterocycles. The summed E-state index contributed by atoms with van der Waals surface area (Å²) in [5.74, 6) is 0.127. The molecule has 0 spiro atoms. The molecule has 0 amide bonds. The van der Waals surface area contributed by atoms with Crippen LogP contribution >= 0.6 is 38.5 Å². The third-order valence-electron chi connectivity index (χ3n) is 4.92. The molecule has 144 valence electrons. The van der Waals surface area contributed by atoms with E-state index in [1.807, 2.05) is 60.7 Å². The maximum Gasteiger partial charge on any atom is 0.165 e. The van der Waals surface area contributed by atoms with Crippen molar-refractivity contribution in [2.24, 2.45) is 0 Å². The smallest absolute Gasteiger partial charge is 0.165 e. The normalized spacial score (nSPS) is 11.9. The van der Waals surface area contributed by atoms with E-state index in [0.717, 1.165) is 32.1 Å². The van der Waals surface area contributed by atoms with Crippen molar-refractivity contribution in [1.29, 1.82) is 0 Å². The van der Waals surface area contributed by atoms with Crippen LogP contribution in [0, 0.1) is 3.57 Å². The van der Waals surface area contributed by atoms with Crippen molar-refractivity contribution in [2.45, 2.75) is 12.5 Å². The minimum absolute atomic E-state index is 0.109. The van der Waals surface area contributed by atoms with E-state index in [9.17, 15) is 4.79 Å². The van der Waals surface area contributed by atoms with Crippen LogP contribution in [0.1, 0.15) is 28.4 Å². The Morgan fingerprint density at radius 1 is 0.862 bits per heavy atom. The number of fused-ring (bicyclic) bond motifs is 1. The minimum Gasteiger partial charge on any atom is -0.378 e. The van der Waals surface area contributed by atoms with Gasteiger partial charge in [-0.25, -0.2) is 0 Å². The van der Waals surface area contributed by atoms with E-state index in [2.05, 4.69) is 74.2 Å². The lowest BCUT2D eigenvalue weighted by Crippen LogP contribution is -2.16. The first-order chi connectivity index (χ1) is 14.1. The highest BCUT2D eigenvalue weighted by Crippen LogP contribution is 2.27. The van der Waals surface area contributed by atoms with Gasteiger partial charge in [-0.2, -0.15) is 0 Å². The number of hydrogen-bond donors (Lipinski definition) is 1. The van der Waals surface area contributed by atoms with Crippen LogP contribution in [0.4, 0.5) is 5.69 Å². The second-order valence-electron chi connectivity index (χ2n) is 6.94. The predicted octanol–water partition coefficient (Wildman–Crippen LogP) is 7.63. The molecule has 4 heteroatoms. The van der Waals surface area contributed by atoms with Crippen LogP contribution in [-0.4, -0.2) is 5.78 Å². The molecule has 1 N–H and O–H groups in total. The Labute approximate surface area is 192 Å². The van der Waals surface area contributed by atoms with Gasteiger partial charge in [0.25, 0.3) is 0 Å². The predicted molar refractivity (Wildman–Crippen MR) is 133 cm³/mol. The van der Waals surface area contributed by atoms with Gasteiger partial charge in [0.2, 0.25) is 0 Å². The van der Waals surface area contributed by atoms with Crippen LogP contribution < -0.4 is 5.32 Å². The lowest BCUT2D eigenvalue weighted by Gasteiger charge is -2.20. The summed E-state index contributed by atoms with van der Waals surface area (Å²) in [5.41, 5.74) is 2.83. The van der Waals surface area contributed by atoms with Gasteiger partial charge in [-0.3, -0.25) is 4.79 Å². The summed E-state index contributed by atoms with van der Waals surface area (Å²) in [6.07, 6.45) is 0.381. The molecule has 0 radical (unpaired) electrons. The van der Waals surface area contributed by atoms with Crippen molar-refractivity contribution < 1.29 is 4.79 Å². The molecule has 4 rings (SSSR count). The van der Waals surface area contributed by atoms with Crippen molar-refractivity contribution >= 4 is 60.8 Å². The van der Waals surface area contributed by atoms with Gasteiger partial charge >= 0.3 is 0 Å². The fourth-order valence-electron chi connectivity index (χ4n) is 3.36. The highest BCUT2D eigenvalue weighted by molar-refractivity contribution is 14.1. The van der Waals surface area contributed by atoms with E-state index in [1.54, 1.807) is 0 Å². The van der Waals surface area contributed by atoms with E-state index in [4.69, 9.17) is 0 Å². The molecular formula is C25H19BrINO. The number of ketones is 1. The van der Waals surface area contributed by atoms with E-state index in [0.29, 0.717) is 6.42 Å². The average molecular weight is 556 g/mol. The van der Waals surface area contributed by atoms with E-state index < -0.39 is 0 Å². The zero-order chi connectivity index (χ0) is 20.2. The highest BCUT2D eigenvalue weighted by Gasteiger charge is 2.18. The van der Waals surface area contributed by atoms with Crippen LogP contribution in [0.5, 0.6) is 0 Å². The van der Waals surface area contributed by atoms with E-state index >= 15 is 0 Å². The molecule has 4 aromatic carbocycles. The van der Waals surface area contributed by atoms with Crippen LogP contribution in [0.15, 0.2) is 95.5 Å². The number of nitrogens with one attached hydrogen (secondary N) is 1. The number of Topliss-reactive ketones (excluding diaryl/α,β-unsaturated/α-hetero) is 1. The lowest BCUT2D eigenvalue weighted by atomic mass is 9.96. The molecule has 4 aromatic rings. The quantitative estimate of drug-likeness (QED) is 0.196. The summed E-state index contributed by atoms with van der Waals surface area (Å²) < 4.78 is 2.20. The standard InChI is InChI=1S/C25H19BrINO/c26-21-9-7-18(8-10-21)24(28-23-13-11-22(27)12-14-23)16-25(29)20-6-5-17-3-1-2-4-19(17)15-20/h1-15,24,28H,16H2. The number of anilines is 1. The minimum atomic E-state index is -0.109. The molecule has 0 saturated heterocycles. The second kappa shape index (κ2) is 9.09.